The van der Waals surface area contributed by atoms with Crippen LogP contribution >= 0.6 is 0 Å². The molecule has 1 heterocycles. The van der Waals surface area contributed by atoms with Crippen LogP contribution in [0.3, 0.4) is 0 Å². The van der Waals surface area contributed by atoms with Gasteiger partial charge in [0, 0.05) is 21.9 Å². The predicted molar refractivity (Wildman–Crippen MR) is 255 cm³/mol. The van der Waals surface area contributed by atoms with E-state index in [0.717, 1.165) is 0 Å². The third-order valence-corrected chi connectivity index (χ3v) is 13.2. The Morgan fingerprint density at radius 2 is 0.767 bits per heavy atom. The lowest BCUT2D eigenvalue weighted by Gasteiger charge is -2.23. The molecule has 0 spiro atoms. The first-order chi connectivity index (χ1) is 29.5. The zero-order valence-corrected chi connectivity index (χ0v) is 33.7. The van der Waals surface area contributed by atoms with E-state index in [1.54, 1.807) is 0 Å². The molecule has 0 aliphatic heterocycles. The number of aromatic nitrogens is 1. The van der Waals surface area contributed by atoms with E-state index in [1.165, 1.54) is 116 Å². The minimum absolute atomic E-state index is 0.206. The lowest BCUT2D eigenvalue weighted by atomic mass is 9.80. The molecule has 0 radical (unpaired) electrons. The van der Waals surface area contributed by atoms with Crippen molar-refractivity contribution in [1.82, 2.24) is 4.57 Å². The Kier molecular flexibility index (Phi) is 7.65. The average molecular weight is 764 g/mol. The summed E-state index contributed by atoms with van der Waals surface area (Å²) in [7, 11) is 0. The highest BCUT2D eigenvalue weighted by atomic mass is 15.0. The fourth-order valence-corrected chi connectivity index (χ4v) is 10.3. The van der Waals surface area contributed by atoms with E-state index < -0.39 is 0 Å². The number of rotatable bonds is 5. The van der Waals surface area contributed by atoms with Gasteiger partial charge in [0.15, 0.2) is 0 Å². The Labute approximate surface area is 350 Å². The summed E-state index contributed by atoms with van der Waals surface area (Å²) in [5, 5.41) is 7.65. The number of hydrogen-bond donors (Lipinski definition) is 0. The molecule has 0 bridgehead atoms. The standard InChI is InChI=1S/C59H41N/c1-59(2)53-36-43(58-50-25-11-9-23-48(50)57(39-18-7-4-8-19-39)49-24-10-12-26-51(49)58)28-31-45(53)46-32-30-44(37-54(46)59)60-55-27-14-13-22-47(55)52-35-42(29-33-56(52)60)41-21-15-20-40(34-41)38-16-5-3-6-17-38/h3-37H,1-2H3. The van der Waals surface area contributed by atoms with Crippen LogP contribution in [-0.2, 0) is 5.41 Å². The maximum absolute atomic E-state index is 2.49. The number of hydrogen-bond acceptors (Lipinski definition) is 0. The van der Waals surface area contributed by atoms with Gasteiger partial charge in [-0.05, 0) is 131 Å². The second-order valence-electron chi connectivity index (χ2n) is 16.9. The van der Waals surface area contributed by atoms with Crippen molar-refractivity contribution >= 4 is 43.4 Å². The third-order valence-electron chi connectivity index (χ3n) is 13.2. The molecule has 0 unspecified atom stereocenters. The zero-order chi connectivity index (χ0) is 40.0. The summed E-state index contributed by atoms with van der Waals surface area (Å²) in [6.45, 7) is 4.81. The Morgan fingerprint density at radius 3 is 1.43 bits per heavy atom. The molecule has 0 saturated heterocycles. The molecule has 1 nitrogen and oxygen atoms in total. The van der Waals surface area contributed by atoms with Crippen LogP contribution in [0, 0.1) is 0 Å². The van der Waals surface area contributed by atoms with Crippen molar-refractivity contribution in [2.75, 3.05) is 0 Å². The summed E-state index contributed by atoms with van der Waals surface area (Å²) in [5.41, 5.74) is 18.8. The molecule has 1 aromatic heterocycles. The maximum atomic E-state index is 2.49. The Bertz CT molecular complexity index is 3440. The summed E-state index contributed by atoms with van der Waals surface area (Å²) in [6, 6.07) is 78.5. The van der Waals surface area contributed by atoms with Crippen LogP contribution in [0.1, 0.15) is 25.0 Å². The largest absolute Gasteiger partial charge is 0.309 e. The van der Waals surface area contributed by atoms with Crippen molar-refractivity contribution in [2.24, 2.45) is 0 Å². The summed E-state index contributed by atoms with van der Waals surface area (Å²) in [6.07, 6.45) is 0. The maximum Gasteiger partial charge on any atom is 0.0541 e. The molecule has 0 saturated carbocycles. The van der Waals surface area contributed by atoms with Gasteiger partial charge in [0.05, 0.1) is 11.0 Å². The van der Waals surface area contributed by atoms with Crippen molar-refractivity contribution in [2.45, 2.75) is 19.3 Å². The first-order valence-electron chi connectivity index (χ1n) is 21.0. The van der Waals surface area contributed by atoms with Crippen molar-refractivity contribution in [3.05, 3.63) is 223 Å². The molecule has 282 valence electrons. The van der Waals surface area contributed by atoms with E-state index in [4.69, 9.17) is 0 Å². The fourth-order valence-electron chi connectivity index (χ4n) is 10.3. The molecule has 0 fully saturated rings. The van der Waals surface area contributed by atoms with Crippen molar-refractivity contribution < 1.29 is 0 Å². The minimum atomic E-state index is -0.206. The Balaban J connectivity index is 0.981. The highest BCUT2D eigenvalue weighted by Crippen LogP contribution is 2.52. The van der Waals surface area contributed by atoms with Crippen LogP contribution in [-0.4, -0.2) is 4.57 Å². The highest BCUT2D eigenvalue weighted by molar-refractivity contribution is 6.21. The quantitative estimate of drug-likeness (QED) is 0.154. The fraction of sp³-hybridized carbons (Fsp3) is 0.0508. The second kappa shape index (κ2) is 13.3. The van der Waals surface area contributed by atoms with E-state index >= 15 is 0 Å². The number of para-hydroxylation sites is 1. The molecule has 0 atom stereocenters. The first kappa shape index (κ1) is 34.6. The second-order valence-corrected chi connectivity index (χ2v) is 16.9. The summed E-state index contributed by atoms with van der Waals surface area (Å²) >= 11 is 0. The molecule has 1 heteroatoms. The van der Waals surface area contributed by atoms with Crippen LogP contribution < -0.4 is 0 Å². The Morgan fingerprint density at radius 1 is 0.300 bits per heavy atom. The average Bonchev–Trinajstić information content (AvgIpc) is 3.75. The van der Waals surface area contributed by atoms with Gasteiger partial charge < -0.3 is 4.57 Å². The molecular formula is C59H41N. The molecule has 12 rings (SSSR count). The van der Waals surface area contributed by atoms with Crippen LogP contribution in [0.5, 0.6) is 0 Å². The van der Waals surface area contributed by atoms with Gasteiger partial charge in [-0.1, -0.05) is 184 Å². The normalized spacial score (nSPS) is 13.0. The molecule has 1 aliphatic carbocycles. The first-order valence-corrected chi connectivity index (χ1v) is 21.0. The SMILES string of the molecule is CC1(C)c2cc(-c3c4ccccc4c(-c4ccccc4)c4ccccc34)ccc2-c2ccc(-n3c4ccccc4c4cc(-c5cccc(-c6ccccc6)c5)ccc43)cc21. The zero-order valence-electron chi connectivity index (χ0n) is 33.7. The van der Waals surface area contributed by atoms with Crippen LogP contribution in [0.25, 0.3) is 105 Å². The molecule has 10 aromatic carbocycles. The number of fused-ring (bicyclic) bond motifs is 8. The lowest BCUT2D eigenvalue weighted by Crippen LogP contribution is -2.15. The van der Waals surface area contributed by atoms with E-state index in [-0.39, 0.29) is 5.41 Å². The predicted octanol–water partition coefficient (Wildman–Crippen LogP) is 16.1. The van der Waals surface area contributed by atoms with Gasteiger partial charge in [-0.15, -0.1) is 0 Å². The van der Waals surface area contributed by atoms with Crippen LogP contribution in [0.2, 0.25) is 0 Å². The van der Waals surface area contributed by atoms with E-state index in [9.17, 15) is 0 Å². The van der Waals surface area contributed by atoms with Crippen molar-refractivity contribution in [3.8, 4) is 61.3 Å². The van der Waals surface area contributed by atoms with Gasteiger partial charge in [-0.2, -0.15) is 0 Å². The molecule has 0 amide bonds. The summed E-state index contributed by atoms with van der Waals surface area (Å²) in [4.78, 5) is 0. The third kappa shape index (κ3) is 5.19. The van der Waals surface area contributed by atoms with Gasteiger partial charge >= 0.3 is 0 Å². The molecule has 0 N–H and O–H groups in total. The van der Waals surface area contributed by atoms with Gasteiger partial charge in [-0.3, -0.25) is 0 Å². The van der Waals surface area contributed by atoms with Crippen molar-refractivity contribution in [1.29, 1.82) is 0 Å². The Hall–Kier alpha value is -7.48. The van der Waals surface area contributed by atoms with Crippen molar-refractivity contribution in [3.63, 3.8) is 0 Å². The molecule has 11 aromatic rings. The van der Waals surface area contributed by atoms with Crippen LogP contribution in [0.15, 0.2) is 212 Å². The van der Waals surface area contributed by atoms with Gasteiger partial charge in [0.1, 0.15) is 0 Å². The minimum Gasteiger partial charge on any atom is -0.309 e. The summed E-state index contributed by atoms with van der Waals surface area (Å²) in [5.74, 6) is 0. The molecule has 60 heavy (non-hydrogen) atoms. The van der Waals surface area contributed by atoms with Gasteiger partial charge in [0.2, 0.25) is 0 Å². The molecular weight excluding hydrogens is 723 g/mol. The van der Waals surface area contributed by atoms with Crippen LogP contribution in [0.4, 0.5) is 0 Å². The summed E-state index contributed by atoms with van der Waals surface area (Å²) < 4.78 is 2.46. The smallest absolute Gasteiger partial charge is 0.0541 e. The van der Waals surface area contributed by atoms with E-state index in [1.807, 2.05) is 0 Å². The lowest BCUT2D eigenvalue weighted by molar-refractivity contribution is 0.660. The molecule has 1 aliphatic rings. The van der Waals surface area contributed by atoms with Gasteiger partial charge in [-0.25, -0.2) is 0 Å². The van der Waals surface area contributed by atoms with E-state index in [0.29, 0.717) is 0 Å². The number of benzene rings is 10. The number of nitrogens with zero attached hydrogens (tertiary/aromatic N) is 1. The van der Waals surface area contributed by atoms with Gasteiger partial charge in [0.25, 0.3) is 0 Å². The topological polar surface area (TPSA) is 4.93 Å². The highest BCUT2D eigenvalue weighted by Gasteiger charge is 2.36. The monoisotopic (exact) mass is 763 g/mol. The van der Waals surface area contributed by atoms with E-state index in [2.05, 4.69) is 231 Å².